The molecule has 0 aromatic carbocycles. The standard InChI is InChI=1S/C13H27N3O/c1-15(2)8-5-9-16(3)12(17)10-13(11-14)6-4-7-13/h4-11,14H2,1-3H3. The molecule has 0 unspecified atom stereocenters. The second-order valence-corrected chi connectivity index (χ2v) is 5.71. The SMILES string of the molecule is CN(C)CCCN(C)C(=O)CC1(CN)CCC1. The van der Waals surface area contributed by atoms with Crippen molar-refractivity contribution < 1.29 is 4.79 Å². The average molecular weight is 241 g/mol. The highest BCUT2D eigenvalue weighted by Gasteiger charge is 2.38. The van der Waals surface area contributed by atoms with Gasteiger partial charge in [0.05, 0.1) is 0 Å². The minimum absolute atomic E-state index is 0.132. The van der Waals surface area contributed by atoms with Crippen LogP contribution in [0.5, 0.6) is 0 Å². The van der Waals surface area contributed by atoms with E-state index >= 15 is 0 Å². The third-order valence-corrected chi connectivity index (χ3v) is 3.90. The summed E-state index contributed by atoms with van der Waals surface area (Å²) in [6.07, 6.45) is 5.16. The van der Waals surface area contributed by atoms with Crippen molar-refractivity contribution in [2.45, 2.75) is 32.1 Å². The third kappa shape index (κ3) is 4.28. The molecule has 0 aromatic rings. The van der Waals surface area contributed by atoms with Gasteiger partial charge in [0.2, 0.25) is 5.91 Å². The summed E-state index contributed by atoms with van der Waals surface area (Å²) in [5.74, 6) is 0.258. The zero-order chi connectivity index (χ0) is 12.9. The fourth-order valence-corrected chi connectivity index (χ4v) is 2.33. The topological polar surface area (TPSA) is 49.6 Å². The summed E-state index contributed by atoms with van der Waals surface area (Å²) in [6.45, 7) is 2.53. The molecule has 0 atom stereocenters. The zero-order valence-corrected chi connectivity index (χ0v) is 11.5. The maximum atomic E-state index is 12.0. The number of amides is 1. The maximum Gasteiger partial charge on any atom is 0.222 e. The van der Waals surface area contributed by atoms with Gasteiger partial charge in [0.15, 0.2) is 0 Å². The molecule has 0 saturated heterocycles. The van der Waals surface area contributed by atoms with Gasteiger partial charge >= 0.3 is 0 Å². The van der Waals surface area contributed by atoms with Gasteiger partial charge in [0.1, 0.15) is 0 Å². The second kappa shape index (κ2) is 6.36. The lowest BCUT2D eigenvalue weighted by atomic mass is 9.66. The average Bonchev–Trinajstić information content (AvgIpc) is 2.22. The van der Waals surface area contributed by atoms with E-state index in [2.05, 4.69) is 19.0 Å². The number of hydrogen-bond acceptors (Lipinski definition) is 3. The van der Waals surface area contributed by atoms with Crippen molar-refractivity contribution in [2.75, 3.05) is 40.8 Å². The number of rotatable bonds is 7. The zero-order valence-electron chi connectivity index (χ0n) is 11.5. The first-order valence-electron chi connectivity index (χ1n) is 6.58. The molecule has 2 N–H and O–H groups in total. The molecule has 0 radical (unpaired) electrons. The van der Waals surface area contributed by atoms with Crippen LogP contribution < -0.4 is 5.73 Å². The number of hydrogen-bond donors (Lipinski definition) is 1. The Kier molecular flexibility index (Phi) is 5.40. The summed E-state index contributed by atoms with van der Waals surface area (Å²) in [4.78, 5) is 16.0. The molecule has 0 heterocycles. The Morgan fingerprint density at radius 3 is 2.29 bits per heavy atom. The second-order valence-electron chi connectivity index (χ2n) is 5.71. The van der Waals surface area contributed by atoms with Gasteiger partial charge < -0.3 is 15.5 Å². The fraction of sp³-hybridized carbons (Fsp3) is 0.923. The first kappa shape index (κ1) is 14.5. The van der Waals surface area contributed by atoms with Crippen LogP contribution in [0.4, 0.5) is 0 Å². The van der Waals surface area contributed by atoms with E-state index in [-0.39, 0.29) is 11.3 Å². The predicted molar refractivity (Wildman–Crippen MR) is 70.8 cm³/mol. The summed E-state index contributed by atoms with van der Waals surface area (Å²) in [5, 5.41) is 0. The highest BCUT2D eigenvalue weighted by molar-refractivity contribution is 5.76. The van der Waals surface area contributed by atoms with Gasteiger partial charge in [-0.15, -0.1) is 0 Å². The predicted octanol–water partition coefficient (Wildman–Crippen LogP) is 0.916. The summed E-state index contributed by atoms with van der Waals surface area (Å²) in [5.41, 5.74) is 5.91. The molecule has 17 heavy (non-hydrogen) atoms. The molecule has 0 aromatic heterocycles. The van der Waals surface area contributed by atoms with Gasteiger partial charge in [0, 0.05) is 20.0 Å². The lowest BCUT2D eigenvalue weighted by Gasteiger charge is -2.41. The van der Waals surface area contributed by atoms with Crippen molar-refractivity contribution in [1.82, 2.24) is 9.80 Å². The molecule has 0 aliphatic heterocycles. The number of carbonyl (C=O) groups is 1. The van der Waals surface area contributed by atoms with Gasteiger partial charge in [-0.2, -0.15) is 0 Å². The van der Waals surface area contributed by atoms with Crippen LogP contribution in [0.15, 0.2) is 0 Å². The smallest absolute Gasteiger partial charge is 0.222 e. The van der Waals surface area contributed by atoms with Gasteiger partial charge in [-0.25, -0.2) is 0 Å². The van der Waals surface area contributed by atoms with Crippen LogP contribution in [0.1, 0.15) is 32.1 Å². The normalized spacial score (nSPS) is 17.9. The van der Waals surface area contributed by atoms with Gasteiger partial charge in [-0.05, 0) is 51.9 Å². The van der Waals surface area contributed by atoms with Gasteiger partial charge in [-0.1, -0.05) is 6.42 Å². The Balaban J connectivity index is 2.26. The molecule has 0 spiro atoms. The largest absolute Gasteiger partial charge is 0.346 e. The molecule has 1 saturated carbocycles. The van der Waals surface area contributed by atoms with E-state index in [4.69, 9.17) is 5.73 Å². The van der Waals surface area contributed by atoms with Crippen molar-refractivity contribution >= 4 is 5.91 Å². The number of nitrogens with two attached hydrogens (primary N) is 1. The van der Waals surface area contributed by atoms with E-state index in [0.717, 1.165) is 32.4 Å². The van der Waals surface area contributed by atoms with Crippen LogP contribution in [0, 0.1) is 5.41 Å². The van der Waals surface area contributed by atoms with Crippen LogP contribution >= 0.6 is 0 Å². The summed E-state index contributed by atoms with van der Waals surface area (Å²) in [7, 11) is 6.01. The molecule has 1 rings (SSSR count). The van der Waals surface area contributed by atoms with Crippen molar-refractivity contribution in [2.24, 2.45) is 11.1 Å². The van der Waals surface area contributed by atoms with E-state index < -0.39 is 0 Å². The van der Waals surface area contributed by atoms with Crippen LogP contribution in [-0.2, 0) is 4.79 Å². The molecule has 4 nitrogen and oxygen atoms in total. The lowest BCUT2D eigenvalue weighted by Crippen LogP contribution is -2.42. The number of nitrogens with zero attached hydrogens (tertiary/aromatic N) is 2. The number of carbonyl (C=O) groups excluding carboxylic acids is 1. The molecule has 1 aliphatic carbocycles. The molecule has 1 aliphatic rings. The third-order valence-electron chi connectivity index (χ3n) is 3.90. The Hall–Kier alpha value is -0.610. The van der Waals surface area contributed by atoms with Crippen LogP contribution in [0.3, 0.4) is 0 Å². The molecule has 4 heteroatoms. The molecular weight excluding hydrogens is 214 g/mol. The quantitative estimate of drug-likeness (QED) is 0.721. The Morgan fingerprint density at radius 2 is 1.88 bits per heavy atom. The van der Waals surface area contributed by atoms with E-state index in [9.17, 15) is 4.79 Å². The molecule has 0 bridgehead atoms. The summed E-state index contributed by atoms with van der Waals surface area (Å²) in [6, 6.07) is 0. The highest BCUT2D eigenvalue weighted by Crippen LogP contribution is 2.43. The van der Waals surface area contributed by atoms with Crippen molar-refractivity contribution in [3.05, 3.63) is 0 Å². The van der Waals surface area contributed by atoms with Crippen molar-refractivity contribution in [1.29, 1.82) is 0 Å². The van der Waals surface area contributed by atoms with E-state index in [0.29, 0.717) is 13.0 Å². The maximum absolute atomic E-state index is 12.0. The minimum Gasteiger partial charge on any atom is -0.346 e. The Labute approximate surface area is 105 Å². The van der Waals surface area contributed by atoms with Crippen LogP contribution in [0.2, 0.25) is 0 Å². The molecular formula is C13H27N3O. The molecule has 1 fully saturated rings. The minimum atomic E-state index is 0.132. The van der Waals surface area contributed by atoms with E-state index in [1.54, 1.807) is 0 Å². The highest BCUT2D eigenvalue weighted by atomic mass is 16.2. The first-order valence-corrected chi connectivity index (χ1v) is 6.58. The monoisotopic (exact) mass is 241 g/mol. The lowest BCUT2D eigenvalue weighted by molar-refractivity contribution is -0.133. The Morgan fingerprint density at radius 1 is 1.24 bits per heavy atom. The van der Waals surface area contributed by atoms with Crippen LogP contribution in [0.25, 0.3) is 0 Å². The first-order chi connectivity index (χ1) is 7.99. The molecule has 100 valence electrons. The van der Waals surface area contributed by atoms with Crippen molar-refractivity contribution in [3.63, 3.8) is 0 Å². The van der Waals surface area contributed by atoms with Gasteiger partial charge in [-0.3, -0.25) is 4.79 Å². The Bertz CT molecular complexity index is 244. The van der Waals surface area contributed by atoms with Crippen molar-refractivity contribution in [3.8, 4) is 0 Å². The summed E-state index contributed by atoms with van der Waals surface area (Å²) < 4.78 is 0. The van der Waals surface area contributed by atoms with E-state index in [1.807, 2.05) is 11.9 Å². The van der Waals surface area contributed by atoms with Crippen LogP contribution in [-0.4, -0.2) is 56.5 Å². The van der Waals surface area contributed by atoms with E-state index in [1.165, 1.54) is 6.42 Å². The fourth-order valence-electron chi connectivity index (χ4n) is 2.33. The van der Waals surface area contributed by atoms with Gasteiger partial charge in [0.25, 0.3) is 0 Å². The summed E-state index contributed by atoms with van der Waals surface area (Å²) >= 11 is 0. The molecule has 1 amide bonds.